The number of hydrogen-bond acceptors (Lipinski definition) is 10. The molecule has 0 aromatic carbocycles. The molecule has 2 aliphatic rings. The van der Waals surface area contributed by atoms with Gasteiger partial charge in [0.2, 0.25) is 0 Å². The molecule has 2 saturated heterocycles. The number of rotatable bonds is 10. The summed E-state index contributed by atoms with van der Waals surface area (Å²) in [5.41, 5.74) is 2.20. The number of anilines is 1. The van der Waals surface area contributed by atoms with Gasteiger partial charge in [0.15, 0.2) is 11.6 Å². The van der Waals surface area contributed by atoms with Crippen LogP contribution in [0.4, 0.5) is 5.82 Å². The number of hydrogen-bond donors (Lipinski definition) is 1. The van der Waals surface area contributed by atoms with Crippen LogP contribution in [0.15, 0.2) is 48.9 Å². The van der Waals surface area contributed by atoms with Crippen LogP contribution in [0.2, 0.25) is 0 Å². The van der Waals surface area contributed by atoms with E-state index < -0.39 is 0 Å². The van der Waals surface area contributed by atoms with Crippen molar-refractivity contribution in [1.82, 2.24) is 30.2 Å². The van der Waals surface area contributed by atoms with Crippen molar-refractivity contribution in [2.45, 2.75) is 6.92 Å². The fourth-order valence-corrected chi connectivity index (χ4v) is 3.92. The Morgan fingerprint density at radius 2 is 1.75 bits per heavy atom. The van der Waals surface area contributed by atoms with Gasteiger partial charge in [-0.15, -0.1) is 0 Å². The van der Waals surface area contributed by atoms with E-state index in [1.165, 1.54) is 0 Å². The van der Waals surface area contributed by atoms with Crippen molar-refractivity contribution >= 4 is 22.4 Å². The molecule has 4 rings (SSSR count). The number of aromatic nitrogens is 4. The smallest absolute Gasteiger partial charge is 0.319 e. The van der Waals surface area contributed by atoms with E-state index in [0.717, 1.165) is 57.3 Å². The third kappa shape index (κ3) is 7.09. The number of fused-ring (bicyclic) bond motifs is 1. The lowest BCUT2D eigenvalue weighted by atomic mass is 10.2. The predicted octanol–water partition coefficient (Wildman–Crippen LogP) is 2.22. The lowest BCUT2D eigenvalue weighted by Crippen LogP contribution is -2.39. The quantitative estimate of drug-likeness (QED) is 0.496. The third-order valence-electron chi connectivity index (χ3n) is 5.81. The Balaban J connectivity index is 1.61. The zero-order valence-corrected chi connectivity index (χ0v) is 21.1. The van der Waals surface area contributed by atoms with Crippen LogP contribution in [0.1, 0.15) is 12.7 Å². The molecule has 0 atom stereocenters. The molecule has 2 fully saturated rings. The second-order valence-corrected chi connectivity index (χ2v) is 8.32. The van der Waals surface area contributed by atoms with Gasteiger partial charge >= 0.3 is 6.01 Å². The summed E-state index contributed by atoms with van der Waals surface area (Å²) in [7, 11) is 1.85. The number of nitrogens with one attached hydrogen (secondary N) is 1. The molecule has 0 spiro atoms. The van der Waals surface area contributed by atoms with Crippen molar-refractivity contribution in [2.75, 3.05) is 77.7 Å². The van der Waals surface area contributed by atoms with Crippen LogP contribution >= 0.6 is 0 Å². The first-order chi connectivity index (χ1) is 17.8. The summed E-state index contributed by atoms with van der Waals surface area (Å²) in [4.78, 5) is 23.4. The van der Waals surface area contributed by atoms with E-state index in [4.69, 9.17) is 24.2 Å². The summed E-state index contributed by atoms with van der Waals surface area (Å²) in [5.74, 6) is 1.33. The molecule has 2 aromatic heterocycles. The Hall–Kier alpha value is -3.34. The molecule has 192 valence electrons. The van der Waals surface area contributed by atoms with Crippen molar-refractivity contribution in [3.8, 4) is 6.01 Å². The van der Waals surface area contributed by atoms with Gasteiger partial charge in [-0.25, -0.2) is 9.97 Å². The van der Waals surface area contributed by atoms with Gasteiger partial charge in [-0.2, -0.15) is 9.97 Å². The average Bonchev–Trinajstić information content (AvgIpc) is 2.93. The van der Waals surface area contributed by atoms with Crippen molar-refractivity contribution in [2.24, 2.45) is 0 Å². The summed E-state index contributed by atoms with van der Waals surface area (Å²) < 4.78 is 17.0. The standard InChI is InChI=1S/C26H35N7O3/c1-3-4-5-6-7-8-21(19-27-2)24-28-20-22-23(30-24)25(33-12-16-35-17-13-33)31-26(29-22)36-18-11-32-9-14-34-15-10-32/h3-8,19-20,27H,9-18H2,1-2H3/b4-3-,6-5-,8-7+,21-19+. The monoisotopic (exact) mass is 493 g/mol. The Bertz CT molecular complexity index is 1100. The summed E-state index contributed by atoms with van der Waals surface area (Å²) in [5, 5.41) is 3.08. The molecule has 2 aliphatic heterocycles. The maximum Gasteiger partial charge on any atom is 0.319 e. The van der Waals surface area contributed by atoms with Crippen LogP contribution in [0.5, 0.6) is 6.01 Å². The summed E-state index contributed by atoms with van der Waals surface area (Å²) in [6.07, 6.45) is 15.4. The molecule has 10 nitrogen and oxygen atoms in total. The van der Waals surface area contributed by atoms with Crippen LogP contribution in [0.3, 0.4) is 0 Å². The summed E-state index contributed by atoms with van der Waals surface area (Å²) in [6, 6.07) is 0.341. The molecule has 0 saturated carbocycles. The lowest BCUT2D eigenvalue weighted by molar-refractivity contribution is 0.0317. The molecular formula is C26H35N7O3. The lowest BCUT2D eigenvalue weighted by Gasteiger charge is -2.28. The van der Waals surface area contributed by atoms with Crippen LogP contribution < -0.4 is 15.0 Å². The fourth-order valence-electron chi connectivity index (χ4n) is 3.92. The molecule has 0 unspecified atom stereocenters. The van der Waals surface area contributed by atoms with Crippen molar-refractivity contribution in [3.05, 3.63) is 54.7 Å². The Morgan fingerprint density at radius 1 is 1.00 bits per heavy atom. The van der Waals surface area contributed by atoms with E-state index in [1.54, 1.807) is 6.20 Å². The highest BCUT2D eigenvalue weighted by molar-refractivity contribution is 5.87. The Kier molecular flexibility index (Phi) is 9.78. The number of ether oxygens (including phenoxy) is 3. The van der Waals surface area contributed by atoms with E-state index in [1.807, 2.05) is 56.6 Å². The van der Waals surface area contributed by atoms with Gasteiger partial charge in [0.25, 0.3) is 0 Å². The van der Waals surface area contributed by atoms with E-state index in [-0.39, 0.29) is 0 Å². The molecule has 0 amide bonds. The molecule has 0 bridgehead atoms. The second kappa shape index (κ2) is 13.7. The highest BCUT2D eigenvalue weighted by Gasteiger charge is 2.20. The first-order valence-electron chi connectivity index (χ1n) is 12.4. The second-order valence-electron chi connectivity index (χ2n) is 8.32. The van der Waals surface area contributed by atoms with E-state index in [0.29, 0.717) is 42.7 Å². The van der Waals surface area contributed by atoms with Gasteiger partial charge < -0.3 is 24.4 Å². The van der Waals surface area contributed by atoms with Gasteiger partial charge in [-0.05, 0) is 13.0 Å². The van der Waals surface area contributed by atoms with Crippen molar-refractivity contribution in [1.29, 1.82) is 0 Å². The molecule has 1 N–H and O–H groups in total. The van der Waals surface area contributed by atoms with Gasteiger partial charge in [-0.1, -0.05) is 30.4 Å². The van der Waals surface area contributed by atoms with Crippen molar-refractivity contribution < 1.29 is 14.2 Å². The normalized spacial score (nSPS) is 18.2. The first kappa shape index (κ1) is 25.7. The zero-order chi connectivity index (χ0) is 25.0. The molecule has 10 heteroatoms. The highest BCUT2D eigenvalue weighted by atomic mass is 16.5. The minimum Gasteiger partial charge on any atom is -0.462 e. The molecule has 0 aliphatic carbocycles. The van der Waals surface area contributed by atoms with Gasteiger partial charge in [0.1, 0.15) is 17.6 Å². The van der Waals surface area contributed by atoms with Gasteiger partial charge in [0.05, 0.1) is 32.6 Å². The van der Waals surface area contributed by atoms with Crippen LogP contribution in [0.25, 0.3) is 16.6 Å². The largest absolute Gasteiger partial charge is 0.462 e. The molecule has 2 aromatic rings. The average molecular weight is 494 g/mol. The minimum absolute atomic E-state index is 0.341. The minimum atomic E-state index is 0.341. The number of nitrogens with zero attached hydrogens (tertiary/aromatic N) is 6. The molecular weight excluding hydrogens is 458 g/mol. The molecule has 0 radical (unpaired) electrons. The SMILES string of the molecule is C\C=C/C=C\C=C\C(=C/NC)c1ncc2nc(OCCN3CCOCC3)nc(N3CCOCC3)c2n1. The molecule has 4 heterocycles. The third-order valence-corrected chi connectivity index (χ3v) is 5.81. The van der Waals surface area contributed by atoms with Gasteiger partial charge in [0, 0.05) is 51.5 Å². The van der Waals surface area contributed by atoms with E-state index in [9.17, 15) is 0 Å². The zero-order valence-electron chi connectivity index (χ0n) is 21.1. The van der Waals surface area contributed by atoms with Crippen molar-refractivity contribution in [3.63, 3.8) is 0 Å². The van der Waals surface area contributed by atoms with E-state index >= 15 is 0 Å². The predicted molar refractivity (Wildman–Crippen MR) is 141 cm³/mol. The number of morpholine rings is 2. The maximum atomic E-state index is 5.99. The fraction of sp³-hybridized carbons (Fsp3) is 0.462. The van der Waals surface area contributed by atoms with Crippen LogP contribution in [0, 0.1) is 0 Å². The maximum absolute atomic E-state index is 5.99. The topological polar surface area (TPSA) is 97.8 Å². The van der Waals surface area contributed by atoms with Crippen LogP contribution in [-0.2, 0) is 9.47 Å². The molecule has 36 heavy (non-hydrogen) atoms. The van der Waals surface area contributed by atoms with Crippen LogP contribution in [-0.4, -0.2) is 97.6 Å². The Morgan fingerprint density at radius 3 is 2.50 bits per heavy atom. The highest BCUT2D eigenvalue weighted by Crippen LogP contribution is 2.26. The number of allylic oxidation sites excluding steroid dienone is 7. The Labute approximate surface area is 212 Å². The van der Waals surface area contributed by atoms with E-state index in [2.05, 4.69) is 25.1 Å². The first-order valence-corrected chi connectivity index (χ1v) is 12.4. The summed E-state index contributed by atoms with van der Waals surface area (Å²) >= 11 is 0. The summed E-state index contributed by atoms with van der Waals surface area (Å²) in [6.45, 7) is 9.40. The van der Waals surface area contributed by atoms with Gasteiger partial charge in [-0.3, -0.25) is 4.90 Å².